The van der Waals surface area contributed by atoms with Crippen molar-refractivity contribution < 1.29 is 9.94 Å². The van der Waals surface area contributed by atoms with Crippen LogP contribution in [0, 0.1) is 6.92 Å². The minimum absolute atomic E-state index is 0.508. The first-order valence-corrected chi connectivity index (χ1v) is 8.32. The summed E-state index contributed by atoms with van der Waals surface area (Å²) in [6.45, 7) is 6.24. The highest BCUT2D eigenvalue weighted by atomic mass is 16.5. The molecule has 0 spiro atoms. The quantitative estimate of drug-likeness (QED) is 0.926. The minimum atomic E-state index is 0.508. The highest BCUT2D eigenvalue weighted by molar-refractivity contribution is 5.65. The molecule has 0 saturated carbocycles. The van der Waals surface area contributed by atoms with Crippen LogP contribution in [-0.2, 0) is 0 Å². The molecule has 0 atom stereocenters. The Labute approximate surface area is 137 Å². The molecule has 3 rings (SSSR count). The second-order valence-electron chi connectivity index (χ2n) is 6.04. The molecule has 0 bridgehead atoms. The highest BCUT2D eigenvalue weighted by Crippen LogP contribution is 2.34. The van der Waals surface area contributed by atoms with Gasteiger partial charge in [0, 0.05) is 24.7 Å². The second kappa shape index (κ2) is 7.11. The molecule has 1 saturated heterocycles. The number of pyridine rings is 1. The summed E-state index contributed by atoms with van der Waals surface area (Å²) in [5.74, 6) is 1.18. The maximum Gasteiger partial charge on any atom is 0.213 e. The topological polar surface area (TPSA) is 45.6 Å². The summed E-state index contributed by atoms with van der Waals surface area (Å²) in [5.41, 5.74) is 4.77. The normalized spacial score (nSPS) is 16.5. The standard InChI is InChI=1S/C19H24N2O2/c1-3-23-19-9-5-8-18(20-19)17-7-4-6-16(14(17)2)15-10-12-21(22)13-11-15/h4-9,15,22H,3,10-13H2,1-2H3. The van der Waals surface area contributed by atoms with E-state index in [4.69, 9.17) is 4.74 Å². The Morgan fingerprint density at radius 2 is 1.91 bits per heavy atom. The van der Waals surface area contributed by atoms with Gasteiger partial charge in [0.15, 0.2) is 0 Å². The molecule has 0 radical (unpaired) electrons. The van der Waals surface area contributed by atoms with Crippen LogP contribution in [0.25, 0.3) is 11.3 Å². The van der Waals surface area contributed by atoms with Gasteiger partial charge in [-0.05, 0) is 49.8 Å². The van der Waals surface area contributed by atoms with Crippen molar-refractivity contribution in [3.63, 3.8) is 0 Å². The lowest BCUT2D eigenvalue weighted by Crippen LogP contribution is -2.30. The molecular formula is C19H24N2O2. The van der Waals surface area contributed by atoms with Crippen molar-refractivity contribution in [3.05, 3.63) is 47.5 Å². The van der Waals surface area contributed by atoms with Crippen LogP contribution in [0.15, 0.2) is 36.4 Å². The predicted octanol–water partition coefficient (Wildman–Crippen LogP) is 4.02. The smallest absolute Gasteiger partial charge is 0.213 e. The Kier molecular flexibility index (Phi) is 4.94. The van der Waals surface area contributed by atoms with Gasteiger partial charge < -0.3 is 9.94 Å². The van der Waals surface area contributed by atoms with Crippen molar-refractivity contribution in [2.75, 3.05) is 19.7 Å². The zero-order chi connectivity index (χ0) is 16.2. The molecule has 0 unspecified atom stereocenters. The van der Waals surface area contributed by atoms with Gasteiger partial charge in [-0.25, -0.2) is 4.98 Å². The Balaban J connectivity index is 1.92. The van der Waals surface area contributed by atoms with E-state index in [2.05, 4.69) is 30.1 Å². The van der Waals surface area contributed by atoms with E-state index in [9.17, 15) is 5.21 Å². The van der Waals surface area contributed by atoms with Gasteiger partial charge in [0.1, 0.15) is 0 Å². The average molecular weight is 312 g/mol. The fraction of sp³-hybridized carbons (Fsp3) is 0.421. The van der Waals surface area contributed by atoms with Crippen molar-refractivity contribution in [2.24, 2.45) is 0 Å². The number of hydrogen-bond donors (Lipinski definition) is 1. The van der Waals surface area contributed by atoms with Crippen LogP contribution in [-0.4, -0.2) is 35.0 Å². The molecule has 1 aromatic heterocycles. The number of hydrogen-bond acceptors (Lipinski definition) is 4. The first kappa shape index (κ1) is 16.0. The van der Waals surface area contributed by atoms with E-state index in [-0.39, 0.29) is 0 Å². The van der Waals surface area contributed by atoms with Gasteiger partial charge in [-0.2, -0.15) is 5.06 Å². The molecule has 1 aliphatic rings. The SMILES string of the molecule is CCOc1cccc(-c2cccc(C3CCN(O)CC3)c2C)n1. The molecule has 1 fully saturated rings. The van der Waals surface area contributed by atoms with Gasteiger partial charge in [-0.15, -0.1) is 0 Å². The number of rotatable bonds is 4. The van der Waals surface area contributed by atoms with Gasteiger partial charge in [-0.3, -0.25) is 0 Å². The summed E-state index contributed by atoms with van der Waals surface area (Å²) in [7, 11) is 0. The van der Waals surface area contributed by atoms with Gasteiger partial charge in [0.25, 0.3) is 0 Å². The summed E-state index contributed by atoms with van der Waals surface area (Å²) in [4.78, 5) is 4.62. The maximum atomic E-state index is 9.57. The zero-order valence-electron chi connectivity index (χ0n) is 13.8. The zero-order valence-corrected chi connectivity index (χ0v) is 13.8. The van der Waals surface area contributed by atoms with Crippen molar-refractivity contribution in [2.45, 2.75) is 32.6 Å². The molecule has 0 amide bonds. The Hall–Kier alpha value is -1.91. The third-order valence-electron chi connectivity index (χ3n) is 4.58. The van der Waals surface area contributed by atoms with E-state index >= 15 is 0 Å². The monoisotopic (exact) mass is 312 g/mol. The molecule has 4 heteroatoms. The molecule has 2 aromatic rings. The fourth-order valence-corrected chi connectivity index (χ4v) is 3.34. The summed E-state index contributed by atoms with van der Waals surface area (Å²) in [6.07, 6.45) is 1.99. The van der Waals surface area contributed by atoms with Gasteiger partial charge in [-0.1, -0.05) is 24.3 Å². The molecule has 4 nitrogen and oxygen atoms in total. The van der Waals surface area contributed by atoms with E-state index in [0.717, 1.165) is 37.2 Å². The third-order valence-corrected chi connectivity index (χ3v) is 4.58. The van der Waals surface area contributed by atoms with E-state index in [0.29, 0.717) is 18.4 Å². The Morgan fingerprint density at radius 3 is 2.65 bits per heavy atom. The number of hydroxylamine groups is 2. The molecule has 122 valence electrons. The van der Waals surface area contributed by atoms with Crippen LogP contribution in [0.5, 0.6) is 5.88 Å². The molecule has 23 heavy (non-hydrogen) atoms. The second-order valence-corrected chi connectivity index (χ2v) is 6.04. The summed E-state index contributed by atoms with van der Waals surface area (Å²) in [6, 6.07) is 12.4. The lowest BCUT2D eigenvalue weighted by Gasteiger charge is -2.29. The first-order valence-electron chi connectivity index (χ1n) is 8.32. The molecule has 1 aliphatic heterocycles. The van der Waals surface area contributed by atoms with E-state index in [1.54, 1.807) is 0 Å². The summed E-state index contributed by atoms with van der Waals surface area (Å²) >= 11 is 0. The lowest BCUT2D eigenvalue weighted by molar-refractivity contribution is -0.106. The minimum Gasteiger partial charge on any atom is -0.478 e. The van der Waals surface area contributed by atoms with Crippen molar-refractivity contribution in [3.8, 4) is 17.1 Å². The van der Waals surface area contributed by atoms with Crippen molar-refractivity contribution >= 4 is 0 Å². The van der Waals surface area contributed by atoms with Crippen LogP contribution >= 0.6 is 0 Å². The molecule has 0 aliphatic carbocycles. The van der Waals surface area contributed by atoms with Crippen LogP contribution in [0.1, 0.15) is 36.8 Å². The van der Waals surface area contributed by atoms with Crippen LogP contribution in [0.4, 0.5) is 0 Å². The summed E-state index contributed by atoms with van der Waals surface area (Å²) in [5, 5.41) is 11.0. The number of benzene rings is 1. The van der Waals surface area contributed by atoms with Gasteiger partial charge in [0.2, 0.25) is 5.88 Å². The fourth-order valence-electron chi connectivity index (χ4n) is 3.34. The van der Waals surface area contributed by atoms with Crippen LogP contribution < -0.4 is 4.74 Å². The number of aromatic nitrogens is 1. The van der Waals surface area contributed by atoms with Crippen molar-refractivity contribution in [1.29, 1.82) is 0 Å². The van der Waals surface area contributed by atoms with E-state index in [1.165, 1.54) is 16.2 Å². The number of nitrogens with zero attached hydrogens (tertiary/aromatic N) is 2. The largest absolute Gasteiger partial charge is 0.478 e. The predicted molar refractivity (Wildman–Crippen MR) is 90.9 cm³/mol. The molecule has 2 heterocycles. The molecule has 1 N–H and O–H groups in total. The maximum absolute atomic E-state index is 9.57. The van der Waals surface area contributed by atoms with Crippen LogP contribution in [0.2, 0.25) is 0 Å². The van der Waals surface area contributed by atoms with E-state index in [1.807, 2.05) is 25.1 Å². The van der Waals surface area contributed by atoms with Gasteiger partial charge in [0.05, 0.1) is 12.3 Å². The Bertz CT molecular complexity index is 664. The lowest BCUT2D eigenvalue weighted by atomic mass is 9.85. The number of piperidine rings is 1. The third kappa shape index (κ3) is 3.54. The van der Waals surface area contributed by atoms with Crippen LogP contribution in [0.3, 0.4) is 0 Å². The average Bonchev–Trinajstić information content (AvgIpc) is 2.57. The van der Waals surface area contributed by atoms with Crippen molar-refractivity contribution in [1.82, 2.24) is 10.0 Å². The van der Waals surface area contributed by atoms with E-state index < -0.39 is 0 Å². The molecule has 1 aromatic carbocycles. The number of ether oxygens (including phenoxy) is 1. The molecular weight excluding hydrogens is 288 g/mol. The first-order chi connectivity index (χ1) is 11.2. The Morgan fingerprint density at radius 1 is 1.17 bits per heavy atom. The summed E-state index contributed by atoms with van der Waals surface area (Å²) < 4.78 is 5.52. The van der Waals surface area contributed by atoms with Gasteiger partial charge >= 0.3 is 0 Å². The highest BCUT2D eigenvalue weighted by Gasteiger charge is 2.22.